The van der Waals surface area contributed by atoms with Crippen LogP contribution in [0.5, 0.6) is 0 Å². The van der Waals surface area contributed by atoms with Gasteiger partial charge in [0.05, 0.1) is 34.4 Å². The van der Waals surface area contributed by atoms with Crippen LogP contribution < -0.4 is 0 Å². The second-order valence-electron chi connectivity index (χ2n) is 15.6. The number of carboxylic acids is 1. The largest absolute Gasteiger partial charge is 0.477 e. The number of hydrogen-bond acceptors (Lipinski definition) is 7. The molecule has 0 heterocycles. The molecule has 0 aromatic carbocycles. The van der Waals surface area contributed by atoms with Gasteiger partial charge in [0.1, 0.15) is 13.2 Å². The number of ether oxygens (including phenoxy) is 4. The van der Waals surface area contributed by atoms with E-state index in [1.54, 1.807) is 0 Å². The fourth-order valence-corrected chi connectivity index (χ4v) is 5.43. The summed E-state index contributed by atoms with van der Waals surface area (Å²) in [7, 11) is 5.92. The highest BCUT2D eigenvalue weighted by Crippen LogP contribution is 2.11. The lowest BCUT2D eigenvalue weighted by molar-refractivity contribution is -0.870. The van der Waals surface area contributed by atoms with Crippen molar-refractivity contribution in [2.24, 2.45) is 0 Å². The summed E-state index contributed by atoms with van der Waals surface area (Å²) in [5, 5.41) is 9.63. The van der Waals surface area contributed by atoms with Gasteiger partial charge in [0.15, 0.2) is 6.10 Å². The predicted molar refractivity (Wildman–Crippen MR) is 239 cm³/mol. The van der Waals surface area contributed by atoms with Crippen molar-refractivity contribution in [3.05, 3.63) is 85.1 Å². The molecule has 0 radical (unpaired) electrons. The van der Waals surface area contributed by atoms with Crippen LogP contribution in [0.2, 0.25) is 0 Å². The molecule has 0 aliphatic rings. The number of quaternary nitrogens is 1. The summed E-state index contributed by atoms with van der Waals surface area (Å²) in [6, 6.07) is 0. The standard InChI is InChI=1S/C49H81NO8/c1-6-8-10-12-14-16-18-20-22-24-26-28-30-32-34-36-38-40-47(52)58-45(44-57-49(48(53)54)55-42-41-50(3,4)5)43-56-46(51)39-37-35-33-31-29-27-25-23-21-19-17-15-13-11-9-7-2/h8,10,14,16-17,19-20,22-23,25-26,28,32,34,45,49H,6-7,9,11-13,15,18,21,24,27,29-31,33,35-44H2,1-5H3/p+1/b10-8-,16-14-,19-17-,22-20-,25-23-,28-26-,34-32-. The fourth-order valence-electron chi connectivity index (χ4n) is 5.43. The molecule has 0 saturated carbocycles. The third kappa shape index (κ3) is 40.7. The van der Waals surface area contributed by atoms with Gasteiger partial charge in [-0.2, -0.15) is 0 Å². The summed E-state index contributed by atoms with van der Waals surface area (Å²) >= 11 is 0. The van der Waals surface area contributed by atoms with Gasteiger partial charge in [0.2, 0.25) is 0 Å². The minimum atomic E-state index is -1.53. The Morgan fingerprint density at radius 1 is 0.534 bits per heavy atom. The monoisotopic (exact) mass is 813 g/mol. The maximum atomic E-state index is 12.7. The minimum absolute atomic E-state index is 0.170. The number of hydrogen-bond donors (Lipinski definition) is 1. The first-order chi connectivity index (χ1) is 28.1. The molecule has 58 heavy (non-hydrogen) atoms. The number of carboxylic acid groups (broad SMARTS) is 1. The Hall–Kier alpha value is -3.53. The van der Waals surface area contributed by atoms with Crippen LogP contribution in [0, 0.1) is 0 Å². The van der Waals surface area contributed by atoms with Crippen LogP contribution >= 0.6 is 0 Å². The van der Waals surface area contributed by atoms with Crippen molar-refractivity contribution in [1.82, 2.24) is 0 Å². The number of aliphatic carboxylic acids is 1. The van der Waals surface area contributed by atoms with Crippen LogP contribution in [0.4, 0.5) is 0 Å². The molecular weight excluding hydrogens is 731 g/mol. The average Bonchev–Trinajstić information content (AvgIpc) is 3.18. The molecule has 0 fully saturated rings. The van der Waals surface area contributed by atoms with Gasteiger partial charge >= 0.3 is 17.9 Å². The van der Waals surface area contributed by atoms with Gasteiger partial charge in [-0.05, 0) is 83.5 Å². The molecule has 9 heteroatoms. The van der Waals surface area contributed by atoms with Crippen LogP contribution in [0.15, 0.2) is 85.1 Å². The van der Waals surface area contributed by atoms with Crippen molar-refractivity contribution >= 4 is 17.9 Å². The molecule has 0 saturated heterocycles. The van der Waals surface area contributed by atoms with E-state index >= 15 is 0 Å². The third-order valence-electron chi connectivity index (χ3n) is 8.89. The Kier molecular flexibility index (Phi) is 37.8. The molecule has 0 aliphatic carbocycles. The third-order valence-corrected chi connectivity index (χ3v) is 8.89. The highest BCUT2D eigenvalue weighted by Gasteiger charge is 2.25. The van der Waals surface area contributed by atoms with Gasteiger partial charge < -0.3 is 28.5 Å². The first kappa shape index (κ1) is 54.5. The normalized spacial score (nSPS) is 13.7. The summed E-state index contributed by atoms with van der Waals surface area (Å²) in [4.78, 5) is 37.1. The zero-order valence-corrected chi connectivity index (χ0v) is 37.2. The number of likely N-dealkylation sites (N-methyl/N-ethyl adjacent to an activating group) is 1. The molecule has 330 valence electrons. The first-order valence-corrected chi connectivity index (χ1v) is 22.3. The molecular formula is C49H82NO8+. The van der Waals surface area contributed by atoms with E-state index in [0.29, 0.717) is 23.9 Å². The summed E-state index contributed by atoms with van der Waals surface area (Å²) in [6.07, 6.45) is 47.9. The quantitative estimate of drug-likeness (QED) is 0.0215. The molecule has 2 unspecified atom stereocenters. The first-order valence-electron chi connectivity index (χ1n) is 22.3. The highest BCUT2D eigenvalue weighted by atomic mass is 16.7. The lowest BCUT2D eigenvalue weighted by Gasteiger charge is -2.25. The Bertz CT molecular complexity index is 1220. The van der Waals surface area contributed by atoms with E-state index < -0.39 is 24.3 Å². The fraction of sp³-hybridized carbons (Fsp3) is 0.653. The molecule has 0 aliphatic heterocycles. The molecule has 0 amide bonds. The van der Waals surface area contributed by atoms with Gasteiger partial charge in [0.25, 0.3) is 6.29 Å². The van der Waals surface area contributed by atoms with Crippen LogP contribution in [-0.4, -0.2) is 87.4 Å². The number of nitrogens with zero attached hydrogens (tertiary/aromatic N) is 1. The van der Waals surface area contributed by atoms with Crippen LogP contribution in [-0.2, 0) is 33.3 Å². The Morgan fingerprint density at radius 3 is 1.52 bits per heavy atom. The van der Waals surface area contributed by atoms with E-state index in [1.807, 2.05) is 27.2 Å². The van der Waals surface area contributed by atoms with E-state index in [4.69, 9.17) is 18.9 Å². The van der Waals surface area contributed by atoms with Crippen molar-refractivity contribution in [3.63, 3.8) is 0 Å². The summed E-state index contributed by atoms with van der Waals surface area (Å²) in [5.41, 5.74) is 0. The molecule has 1 N–H and O–H groups in total. The number of carbonyl (C=O) groups excluding carboxylic acids is 2. The van der Waals surface area contributed by atoms with Gasteiger partial charge in [-0.1, -0.05) is 137 Å². The smallest absolute Gasteiger partial charge is 0.361 e. The zero-order chi connectivity index (χ0) is 42.8. The van der Waals surface area contributed by atoms with Crippen LogP contribution in [0.25, 0.3) is 0 Å². The maximum absolute atomic E-state index is 12.7. The van der Waals surface area contributed by atoms with Gasteiger partial charge in [0, 0.05) is 12.8 Å². The molecule has 9 nitrogen and oxygen atoms in total. The van der Waals surface area contributed by atoms with E-state index in [-0.39, 0.29) is 38.6 Å². The lowest BCUT2D eigenvalue weighted by atomic mass is 10.1. The second kappa shape index (κ2) is 40.3. The van der Waals surface area contributed by atoms with E-state index in [1.165, 1.54) is 32.1 Å². The Morgan fingerprint density at radius 2 is 1.00 bits per heavy atom. The number of esters is 2. The molecule has 0 rings (SSSR count). The van der Waals surface area contributed by atoms with Gasteiger partial charge in [-0.3, -0.25) is 9.59 Å². The number of rotatable bonds is 39. The second-order valence-corrected chi connectivity index (χ2v) is 15.6. The van der Waals surface area contributed by atoms with Gasteiger partial charge in [-0.25, -0.2) is 4.79 Å². The molecule has 0 aromatic heterocycles. The SMILES string of the molecule is CC/C=C\C/C=C\C/C=C\C/C=C\C/C=C\CCCC(=O)OC(COC(=O)CCCCCCC/C=C\C/C=C\CCCCCC)COC(OCC[N+](C)(C)C)C(=O)O. The Labute approximate surface area is 353 Å². The van der Waals surface area contributed by atoms with Crippen LogP contribution in [0.1, 0.15) is 149 Å². The van der Waals surface area contributed by atoms with Crippen molar-refractivity contribution in [1.29, 1.82) is 0 Å². The van der Waals surface area contributed by atoms with Crippen LogP contribution in [0.3, 0.4) is 0 Å². The summed E-state index contributed by atoms with van der Waals surface area (Å²) < 4.78 is 22.6. The van der Waals surface area contributed by atoms with E-state index in [9.17, 15) is 19.5 Å². The van der Waals surface area contributed by atoms with Crippen molar-refractivity contribution in [2.75, 3.05) is 47.5 Å². The molecule has 0 aromatic rings. The summed E-state index contributed by atoms with van der Waals surface area (Å²) in [6.45, 7) is 4.63. The average molecular weight is 813 g/mol. The predicted octanol–water partition coefficient (Wildman–Crippen LogP) is 11.7. The van der Waals surface area contributed by atoms with Crippen molar-refractivity contribution < 1.29 is 42.9 Å². The van der Waals surface area contributed by atoms with Crippen molar-refractivity contribution in [3.8, 4) is 0 Å². The number of allylic oxidation sites excluding steroid dienone is 14. The van der Waals surface area contributed by atoms with E-state index in [0.717, 1.165) is 77.0 Å². The van der Waals surface area contributed by atoms with Gasteiger partial charge in [-0.15, -0.1) is 0 Å². The topological polar surface area (TPSA) is 108 Å². The number of unbranched alkanes of at least 4 members (excludes halogenated alkanes) is 10. The maximum Gasteiger partial charge on any atom is 0.361 e. The molecule has 0 bridgehead atoms. The van der Waals surface area contributed by atoms with E-state index in [2.05, 4.69) is 92.8 Å². The van der Waals surface area contributed by atoms with Crippen molar-refractivity contribution in [2.45, 2.75) is 161 Å². The zero-order valence-electron chi connectivity index (χ0n) is 37.2. The molecule has 0 spiro atoms. The minimum Gasteiger partial charge on any atom is -0.477 e. The highest BCUT2D eigenvalue weighted by molar-refractivity contribution is 5.71. The molecule has 2 atom stereocenters. The lowest BCUT2D eigenvalue weighted by Crippen LogP contribution is -2.40. The number of carbonyl (C=O) groups is 3. The Balaban J connectivity index is 4.59. The summed E-state index contributed by atoms with van der Waals surface area (Å²) in [5.74, 6) is -2.12.